The molecule has 0 saturated carbocycles. The van der Waals surface area contributed by atoms with Crippen molar-refractivity contribution in [1.82, 2.24) is 21.3 Å². The minimum absolute atomic E-state index is 0.0130. The first-order valence-electron chi connectivity index (χ1n) is 34.3. The van der Waals surface area contributed by atoms with E-state index in [9.17, 15) is 52.7 Å². The highest BCUT2D eigenvalue weighted by molar-refractivity contribution is 6.23. The van der Waals surface area contributed by atoms with Gasteiger partial charge >= 0.3 is 17.9 Å². The van der Waals surface area contributed by atoms with Crippen LogP contribution in [0.15, 0.2) is 152 Å². The Morgan fingerprint density at radius 2 is 0.600 bits per heavy atom. The summed E-state index contributed by atoms with van der Waals surface area (Å²) in [5.41, 5.74) is 7.25. The first-order valence-corrected chi connectivity index (χ1v) is 34.3. The molecule has 0 atom stereocenters. The summed E-state index contributed by atoms with van der Waals surface area (Å²) in [5.74, 6) is -6.06. The summed E-state index contributed by atoms with van der Waals surface area (Å²) >= 11 is 0. The quantitative estimate of drug-likeness (QED) is 0.0262. The van der Waals surface area contributed by atoms with Crippen LogP contribution in [0.1, 0.15) is 131 Å². The molecule has 0 spiro atoms. The van der Waals surface area contributed by atoms with E-state index >= 15 is 0 Å². The molecular formula is C78H86N8O14. The molecule has 100 heavy (non-hydrogen) atoms. The third-order valence-corrected chi connectivity index (χ3v) is 17.9. The number of carboxylic acids is 3. The van der Waals surface area contributed by atoms with Crippen LogP contribution in [0.2, 0.25) is 0 Å². The number of amides is 8. The van der Waals surface area contributed by atoms with Crippen LogP contribution in [0, 0.1) is 0 Å². The van der Waals surface area contributed by atoms with Gasteiger partial charge in [0.15, 0.2) is 0 Å². The van der Waals surface area contributed by atoms with Crippen molar-refractivity contribution in [3.63, 3.8) is 0 Å². The molecule has 7 heterocycles. The number of anilines is 4. The van der Waals surface area contributed by atoms with E-state index in [0.29, 0.717) is 74.1 Å². The highest BCUT2D eigenvalue weighted by Gasteiger charge is 2.23. The number of rotatable bonds is 25. The molecule has 522 valence electrons. The molecule has 8 bridgehead atoms. The van der Waals surface area contributed by atoms with Crippen LogP contribution in [-0.4, -0.2) is 133 Å². The summed E-state index contributed by atoms with van der Waals surface area (Å²) in [5, 5.41) is 45.4. The van der Waals surface area contributed by atoms with E-state index in [-0.39, 0.29) is 153 Å². The minimum atomic E-state index is -1.12. The zero-order valence-corrected chi connectivity index (χ0v) is 56.1. The van der Waals surface area contributed by atoms with Gasteiger partial charge in [0.1, 0.15) is 0 Å². The Kier molecular flexibility index (Phi) is 26.7. The lowest BCUT2D eigenvalue weighted by Gasteiger charge is -2.26. The van der Waals surface area contributed by atoms with Crippen molar-refractivity contribution >= 4 is 120 Å². The van der Waals surface area contributed by atoms with Crippen LogP contribution in [0.5, 0.6) is 0 Å². The molecule has 0 aromatic heterocycles. The second kappa shape index (κ2) is 36.5. The molecule has 7 aliphatic rings. The van der Waals surface area contributed by atoms with Crippen molar-refractivity contribution in [1.29, 1.82) is 0 Å². The number of carboxylic acid groups (broad SMARTS) is 3. The maximum atomic E-state index is 14.5. The fourth-order valence-corrected chi connectivity index (χ4v) is 12.6. The molecule has 7 aliphatic heterocycles. The number of benzene rings is 8. The van der Waals surface area contributed by atoms with E-state index in [4.69, 9.17) is 15.3 Å². The summed E-state index contributed by atoms with van der Waals surface area (Å²) in [6.45, 7) is 1.06. The lowest BCUT2D eigenvalue weighted by Crippen LogP contribution is -2.37. The topological polar surface area (TPSA) is 310 Å². The van der Waals surface area contributed by atoms with Crippen LogP contribution in [0.4, 0.5) is 22.7 Å². The van der Waals surface area contributed by atoms with Crippen LogP contribution in [-0.2, 0) is 72.0 Å². The van der Waals surface area contributed by atoms with Crippen LogP contribution >= 0.6 is 0 Å². The number of carbonyl (C=O) groups excluding carboxylic acids is 8. The predicted octanol–water partition coefficient (Wildman–Crippen LogP) is 10.0. The Morgan fingerprint density at radius 1 is 0.310 bits per heavy atom. The number of hydrogen-bond donors (Lipinski definition) is 7. The summed E-state index contributed by atoms with van der Waals surface area (Å²) in [7, 11) is 0. The van der Waals surface area contributed by atoms with Gasteiger partial charge in [0, 0.05) is 126 Å². The lowest BCUT2D eigenvalue weighted by molar-refractivity contribution is -0.139. The average Bonchev–Trinajstić information content (AvgIpc) is 0.742. The van der Waals surface area contributed by atoms with Gasteiger partial charge < -0.3 is 56.2 Å². The van der Waals surface area contributed by atoms with Gasteiger partial charge in [0.25, 0.3) is 0 Å². The van der Waals surface area contributed by atoms with Gasteiger partial charge in [0.2, 0.25) is 47.3 Å². The Balaban J connectivity index is 0.929. The SMILES string of the molecule is O=C(O)CCC(=O)NCCC(=O)N1CCCCN(C(=O)CCNC(=O)CCCc2ccc3ccc4cccc5ccc2c3c45)c2ccc(cc2)Cc2ccc(cc2)N(C(=O)CCNC(=O)CCC(=O)O)CCCCN(C(=O)CCNC(=O)CCC(=O)O)c2ccc(cc2)Cc2ccc1cc2. The number of aryl methyl sites for hydroxylation is 1. The second-order valence-electron chi connectivity index (χ2n) is 25.1. The summed E-state index contributed by atoms with van der Waals surface area (Å²) < 4.78 is 0. The summed E-state index contributed by atoms with van der Waals surface area (Å²) in [4.78, 5) is 147. The third kappa shape index (κ3) is 21.5. The van der Waals surface area contributed by atoms with E-state index in [2.05, 4.69) is 75.9 Å². The van der Waals surface area contributed by atoms with Crippen LogP contribution in [0.25, 0.3) is 32.3 Å². The Bertz CT molecular complexity index is 4180. The summed E-state index contributed by atoms with van der Waals surface area (Å²) in [6.07, 6.45) is 2.39. The monoisotopic (exact) mass is 1360 g/mol. The standard InChI is InChI=1S/C78H86N8O14/c87-66(10-6-7-57-19-20-60-22-21-58-8-5-9-59-23-32-65(57)78(60)77(58)59)79-43-39-70(91)83-47-1-2-48-84(71(92)40-44-80-67(88)33-36-74(95)96)62-26-15-55(16-27-62)52-56-17-30-64(31-18-56)86(73(94)42-46-82-69(90)35-38-76(99)100)50-4-3-49-85(72(93)41-45-81-68(89)34-37-75(97)98)63-28-13-54(14-29-63)51-53-11-24-61(83)25-12-53/h5,8-9,11-32H,1-4,6-7,10,33-52H2,(H,79,87)(H,80,88)(H,81,89)(H,82,90)(H,95,96)(H,97,98)(H,99,100). The largest absolute Gasteiger partial charge is 0.481 e. The highest BCUT2D eigenvalue weighted by atomic mass is 16.4. The van der Waals surface area contributed by atoms with Crippen molar-refractivity contribution in [3.05, 3.63) is 179 Å². The van der Waals surface area contributed by atoms with E-state index in [1.54, 1.807) is 19.6 Å². The van der Waals surface area contributed by atoms with Crippen LogP contribution in [0.3, 0.4) is 0 Å². The van der Waals surface area contributed by atoms with Crippen molar-refractivity contribution in [2.75, 3.05) is 72.0 Å². The minimum Gasteiger partial charge on any atom is -0.481 e. The smallest absolute Gasteiger partial charge is 0.303 e. The lowest BCUT2D eigenvalue weighted by atomic mass is 9.90. The number of aliphatic carboxylic acids is 3. The average molecular weight is 1360 g/mol. The molecule has 0 saturated heterocycles. The van der Waals surface area contributed by atoms with Gasteiger partial charge in [-0.3, -0.25) is 52.7 Å². The van der Waals surface area contributed by atoms with Crippen molar-refractivity contribution in [3.8, 4) is 0 Å². The molecule has 15 rings (SSSR count). The predicted molar refractivity (Wildman–Crippen MR) is 383 cm³/mol. The van der Waals surface area contributed by atoms with E-state index in [1.807, 2.05) is 97.1 Å². The molecule has 8 aromatic carbocycles. The fourth-order valence-electron chi connectivity index (χ4n) is 12.6. The number of nitrogens with one attached hydrogen (secondary N) is 4. The normalized spacial score (nSPS) is 13.2. The molecule has 0 unspecified atom stereocenters. The zero-order chi connectivity index (χ0) is 70.9. The third-order valence-electron chi connectivity index (χ3n) is 17.9. The first-order chi connectivity index (χ1) is 48.3. The molecule has 0 fully saturated rings. The zero-order valence-electron chi connectivity index (χ0n) is 56.1. The first kappa shape index (κ1) is 73.2. The Morgan fingerprint density at radius 3 is 0.920 bits per heavy atom. The van der Waals surface area contributed by atoms with Gasteiger partial charge in [-0.2, -0.15) is 0 Å². The molecule has 0 radical (unpaired) electrons. The maximum absolute atomic E-state index is 14.5. The van der Waals surface area contributed by atoms with Crippen molar-refractivity contribution < 1.29 is 68.1 Å². The van der Waals surface area contributed by atoms with Gasteiger partial charge in [-0.05, 0) is 160 Å². The van der Waals surface area contributed by atoms with E-state index in [1.165, 1.54) is 37.9 Å². The molecule has 22 heteroatoms. The number of nitrogens with zero attached hydrogens (tertiary/aromatic N) is 4. The molecular weight excluding hydrogens is 1270 g/mol. The van der Waals surface area contributed by atoms with Crippen molar-refractivity contribution in [2.45, 2.75) is 122 Å². The molecule has 0 aliphatic carbocycles. The van der Waals surface area contributed by atoms with Crippen LogP contribution < -0.4 is 40.9 Å². The maximum Gasteiger partial charge on any atom is 0.303 e. The fraction of sp³-hybridized carbons (Fsp3) is 0.346. The molecule has 7 N–H and O–H groups in total. The van der Waals surface area contributed by atoms with Gasteiger partial charge in [0.05, 0.1) is 19.3 Å². The van der Waals surface area contributed by atoms with Gasteiger partial charge in [-0.15, -0.1) is 0 Å². The molecule has 22 nitrogen and oxygen atoms in total. The van der Waals surface area contributed by atoms with Crippen molar-refractivity contribution in [2.24, 2.45) is 0 Å². The van der Waals surface area contributed by atoms with E-state index in [0.717, 1.165) is 22.3 Å². The Labute approximate surface area is 580 Å². The van der Waals surface area contributed by atoms with Gasteiger partial charge in [-0.25, -0.2) is 0 Å². The number of hydrogen-bond acceptors (Lipinski definition) is 11. The highest BCUT2D eigenvalue weighted by Crippen LogP contribution is 2.37. The second-order valence-corrected chi connectivity index (χ2v) is 25.1. The Hall–Kier alpha value is -11.0. The van der Waals surface area contributed by atoms with Gasteiger partial charge in [-0.1, -0.05) is 103 Å². The molecule has 8 amide bonds. The number of carbonyl (C=O) groups is 11. The van der Waals surface area contributed by atoms with E-state index < -0.39 is 35.6 Å². The summed E-state index contributed by atoms with van der Waals surface area (Å²) in [6, 6.07) is 49.4. The molecule has 8 aromatic rings.